The first kappa shape index (κ1) is 14.5. The lowest BCUT2D eigenvalue weighted by Crippen LogP contribution is -2.32. The van der Waals surface area contributed by atoms with Crippen LogP contribution in [0, 0.1) is 0 Å². The maximum absolute atomic E-state index is 12.4. The lowest BCUT2D eigenvalue weighted by Gasteiger charge is -2.14. The lowest BCUT2D eigenvalue weighted by molar-refractivity contribution is 0.0945. The molecule has 2 aromatic heterocycles. The van der Waals surface area contributed by atoms with E-state index in [1.165, 1.54) is 5.56 Å². The number of carbonyl (C=O) groups excluding carboxylic acids is 1. The van der Waals surface area contributed by atoms with Crippen LogP contribution in [0.2, 0.25) is 0 Å². The molecule has 0 unspecified atom stereocenters. The summed E-state index contributed by atoms with van der Waals surface area (Å²) in [6, 6.07) is 13.9. The number of carbonyl (C=O) groups is 1. The van der Waals surface area contributed by atoms with Gasteiger partial charge in [0.25, 0.3) is 5.91 Å². The summed E-state index contributed by atoms with van der Waals surface area (Å²) in [4.78, 5) is 20.0. The molecule has 5 heteroatoms. The van der Waals surface area contributed by atoms with E-state index < -0.39 is 0 Å². The van der Waals surface area contributed by atoms with Crippen LogP contribution >= 0.6 is 0 Å². The number of hydrogen-bond acceptors (Lipinski definition) is 3. The number of pyridine rings is 1. The summed E-state index contributed by atoms with van der Waals surface area (Å²) >= 11 is 0. The van der Waals surface area contributed by atoms with Crippen molar-refractivity contribution in [2.75, 3.05) is 12.3 Å². The van der Waals surface area contributed by atoms with E-state index in [2.05, 4.69) is 27.4 Å². The van der Waals surface area contributed by atoms with Crippen molar-refractivity contribution >= 4 is 11.7 Å². The van der Waals surface area contributed by atoms with Gasteiger partial charge in [-0.1, -0.05) is 30.3 Å². The Morgan fingerprint density at radius 1 is 1.17 bits per heavy atom. The van der Waals surface area contributed by atoms with Crippen molar-refractivity contribution in [3.05, 3.63) is 71.0 Å². The van der Waals surface area contributed by atoms with Gasteiger partial charge in [-0.05, 0) is 23.3 Å². The van der Waals surface area contributed by atoms with Crippen LogP contribution in [0.5, 0.6) is 0 Å². The van der Waals surface area contributed by atoms with Gasteiger partial charge in [-0.25, -0.2) is 4.98 Å². The van der Waals surface area contributed by atoms with Gasteiger partial charge in [0.1, 0.15) is 5.82 Å². The molecular formula is C19H18N4O. The van der Waals surface area contributed by atoms with Gasteiger partial charge in [-0.3, -0.25) is 4.79 Å². The molecule has 1 aliphatic heterocycles. The van der Waals surface area contributed by atoms with E-state index in [0.29, 0.717) is 18.8 Å². The SMILES string of the molecule is Nc1cc(-c2[nH]c3c(c2Cc2ccccc2)C(=O)NCC3)ccn1. The fraction of sp³-hybridized carbons (Fsp3) is 0.158. The standard InChI is InChI=1S/C19H18N4O/c20-16-11-13(6-8-21-16)18-14(10-12-4-2-1-3-5-12)17-15(23-18)7-9-22-19(17)24/h1-6,8,11,23H,7,9-10H2,(H2,20,21)(H,22,24). The van der Waals surface area contributed by atoms with Crippen molar-refractivity contribution in [3.63, 3.8) is 0 Å². The van der Waals surface area contributed by atoms with Crippen molar-refractivity contribution in [1.82, 2.24) is 15.3 Å². The van der Waals surface area contributed by atoms with E-state index >= 15 is 0 Å². The van der Waals surface area contributed by atoms with Crippen molar-refractivity contribution in [2.45, 2.75) is 12.8 Å². The van der Waals surface area contributed by atoms with Crippen molar-refractivity contribution in [3.8, 4) is 11.3 Å². The summed E-state index contributed by atoms with van der Waals surface area (Å²) in [5, 5.41) is 2.94. The second-order valence-corrected chi connectivity index (χ2v) is 5.97. The number of benzene rings is 1. The highest BCUT2D eigenvalue weighted by molar-refractivity contribution is 6.00. The Kier molecular flexibility index (Phi) is 3.54. The first-order chi connectivity index (χ1) is 11.7. The van der Waals surface area contributed by atoms with Gasteiger partial charge in [-0.2, -0.15) is 0 Å². The highest BCUT2D eigenvalue weighted by atomic mass is 16.1. The minimum atomic E-state index is -0.00768. The Hall–Kier alpha value is -3.08. The van der Waals surface area contributed by atoms with Crippen LogP contribution in [0.1, 0.15) is 27.2 Å². The maximum atomic E-state index is 12.4. The summed E-state index contributed by atoms with van der Waals surface area (Å²) in [7, 11) is 0. The molecular weight excluding hydrogens is 300 g/mol. The van der Waals surface area contributed by atoms with Crippen LogP contribution < -0.4 is 11.1 Å². The summed E-state index contributed by atoms with van der Waals surface area (Å²) in [5.41, 5.74) is 11.7. The molecule has 0 radical (unpaired) electrons. The van der Waals surface area contributed by atoms with Crippen LogP contribution in [0.3, 0.4) is 0 Å². The summed E-state index contributed by atoms with van der Waals surface area (Å²) in [6.45, 7) is 0.662. The summed E-state index contributed by atoms with van der Waals surface area (Å²) in [5.74, 6) is 0.460. The normalized spacial score (nSPS) is 13.4. The largest absolute Gasteiger partial charge is 0.384 e. The second kappa shape index (κ2) is 5.85. The first-order valence-electron chi connectivity index (χ1n) is 8.00. The van der Waals surface area contributed by atoms with E-state index in [-0.39, 0.29) is 5.91 Å². The Labute approximate surface area is 139 Å². The van der Waals surface area contributed by atoms with Crippen LogP contribution in [-0.2, 0) is 12.8 Å². The van der Waals surface area contributed by atoms with Gasteiger partial charge in [-0.15, -0.1) is 0 Å². The first-order valence-corrected chi connectivity index (χ1v) is 8.00. The summed E-state index contributed by atoms with van der Waals surface area (Å²) < 4.78 is 0. The van der Waals surface area contributed by atoms with E-state index in [9.17, 15) is 4.79 Å². The molecule has 0 atom stereocenters. The zero-order valence-corrected chi connectivity index (χ0v) is 13.2. The molecule has 0 bridgehead atoms. The molecule has 0 saturated heterocycles. The van der Waals surface area contributed by atoms with Gasteiger partial charge in [0.05, 0.1) is 11.3 Å². The predicted octanol–water partition coefficient (Wildman–Crippen LogP) is 2.54. The van der Waals surface area contributed by atoms with Crippen LogP contribution in [0.25, 0.3) is 11.3 Å². The molecule has 3 aromatic rings. The monoisotopic (exact) mass is 318 g/mol. The molecule has 4 N–H and O–H groups in total. The van der Waals surface area contributed by atoms with E-state index in [4.69, 9.17) is 5.73 Å². The maximum Gasteiger partial charge on any atom is 0.253 e. The Morgan fingerprint density at radius 3 is 2.79 bits per heavy atom. The smallest absolute Gasteiger partial charge is 0.253 e. The van der Waals surface area contributed by atoms with Crippen molar-refractivity contribution in [1.29, 1.82) is 0 Å². The van der Waals surface area contributed by atoms with Crippen LogP contribution in [0.15, 0.2) is 48.7 Å². The molecule has 1 amide bonds. The molecule has 1 aromatic carbocycles. The van der Waals surface area contributed by atoms with E-state index in [0.717, 1.165) is 34.5 Å². The van der Waals surface area contributed by atoms with Gasteiger partial charge < -0.3 is 16.0 Å². The number of fused-ring (bicyclic) bond motifs is 1. The predicted molar refractivity (Wildman–Crippen MR) is 93.7 cm³/mol. The van der Waals surface area contributed by atoms with E-state index in [1.54, 1.807) is 6.20 Å². The molecule has 120 valence electrons. The number of nitrogens with two attached hydrogens (primary N) is 1. The fourth-order valence-corrected chi connectivity index (χ4v) is 3.27. The number of H-pyrrole nitrogens is 1. The molecule has 24 heavy (non-hydrogen) atoms. The fourth-order valence-electron chi connectivity index (χ4n) is 3.27. The number of nitrogen functional groups attached to an aromatic ring is 1. The number of nitrogens with one attached hydrogen (secondary N) is 2. The molecule has 0 saturated carbocycles. The molecule has 0 spiro atoms. The van der Waals surface area contributed by atoms with Gasteiger partial charge in [0.15, 0.2) is 0 Å². The minimum absolute atomic E-state index is 0.00768. The molecule has 0 fully saturated rings. The third-order valence-electron chi connectivity index (χ3n) is 4.36. The number of aromatic amines is 1. The van der Waals surface area contributed by atoms with Crippen molar-refractivity contribution < 1.29 is 4.79 Å². The number of hydrogen-bond donors (Lipinski definition) is 3. The number of rotatable bonds is 3. The molecule has 4 rings (SSSR count). The van der Waals surface area contributed by atoms with Crippen molar-refractivity contribution in [2.24, 2.45) is 0 Å². The van der Waals surface area contributed by atoms with Gasteiger partial charge >= 0.3 is 0 Å². The molecule has 5 nitrogen and oxygen atoms in total. The van der Waals surface area contributed by atoms with Gasteiger partial charge in [0.2, 0.25) is 0 Å². The summed E-state index contributed by atoms with van der Waals surface area (Å²) in [6.07, 6.45) is 3.19. The number of nitrogens with zero attached hydrogens (tertiary/aromatic N) is 1. The van der Waals surface area contributed by atoms with Crippen LogP contribution in [-0.4, -0.2) is 22.4 Å². The Morgan fingerprint density at radius 2 is 2.00 bits per heavy atom. The number of anilines is 1. The average molecular weight is 318 g/mol. The minimum Gasteiger partial charge on any atom is -0.384 e. The molecule has 0 aliphatic carbocycles. The Bertz CT molecular complexity index is 899. The molecule has 3 heterocycles. The number of aromatic nitrogens is 2. The second-order valence-electron chi connectivity index (χ2n) is 5.97. The molecule has 1 aliphatic rings. The highest BCUT2D eigenvalue weighted by Crippen LogP contribution is 2.32. The number of amides is 1. The Balaban J connectivity index is 1.88. The van der Waals surface area contributed by atoms with Gasteiger partial charge in [0, 0.05) is 36.8 Å². The highest BCUT2D eigenvalue weighted by Gasteiger charge is 2.26. The topological polar surface area (TPSA) is 83.8 Å². The quantitative estimate of drug-likeness (QED) is 0.694. The zero-order valence-electron chi connectivity index (χ0n) is 13.2. The average Bonchev–Trinajstić information content (AvgIpc) is 2.96. The zero-order chi connectivity index (χ0) is 16.5. The van der Waals surface area contributed by atoms with E-state index in [1.807, 2.05) is 30.3 Å². The third-order valence-corrected chi connectivity index (χ3v) is 4.36. The van der Waals surface area contributed by atoms with Crippen LogP contribution in [0.4, 0.5) is 5.82 Å². The third kappa shape index (κ3) is 2.54. The lowest BCUT2D eigenvalue weighted by atomic mass is 9.95.